The maximum atomic E-state index is 13.7. The molecule has 0 aromatic heterocycles. The van der Waals surface area contributed by atoms with Gasteiger partial charge in [-0.25, -0.2) is 8.78 Å². The predicted octanol–water partition coefficient (Wildman–Crippen LogP) is 3.76. The van der Waals surface area contributed by atoms with Gasteiger partial charge < -0.3 is 10.0 Å². The molecule has 1 fully saturated rings. The van der Waals surface area contributed by atoms with Crippen LogP contribution in [-0.4, -0.2) is 29.6 Å². The molecule has 0 bridgehead atoms. The van der Waals surface area contributed by atoms with Crippen molar-refractivity contribution in [1.82, 2.24) is 4.90 Å². The van der Waals surface area contributed by atoms with Crippen molar-refractivity contribution in [3.05, 3.63) is 35.4 Å². The minimum Gasteiger partial charge on any atom is -0.387 e. The number of rotatable bonds is 3. The summed E-state index contributed by atoms with van der Waals surface area (Å²) in [5.41, 5.74) is 0.354. The molecule has 21 heavy (non-hydrogen) atoms. The van der Waals surface area contributed by atoms with Crippen LogP contribution in [0.2, 0.25) is 0 Å². The fraction of sp³-hybridized carbons (Fsp3) is 0.647. The molecule has 0 aliphatic carbocycles. The number of β-amino-alcohol motifs (C(OH)–C–C–N with tert-alkyl or cyclic N) is 1. The van der Waals surface area contributed by atoms with E-state index in [1.165, 1.54) is 12.1 Å². The van der Waals surface area contributed by atoms with E-state index in [1.807, 2.05) is 0 Å². The Morgan fingerprint density at radius 3 is 2.43 bits per heavy atom. The van der Waals surface area contributed by atoms with Gasteiger partial charge in [0.25, 0.3) is 0 Å². The lowest BCUT2D eigenvalue weighted by molar-refractivity contribution is 0.0636. The van der Waals surface area contributed by atoms with Crippen LogP contribution in [0.1, 0.15) is 45.3 Å². The van der Waals surface area contributed by atoms with Crippen molar-refractivity contribution in [1.29, 1.82) is 0 Å². The number of piperidine rings is 1. The zero-order valence-electron chi connectivity index (χ0n) is 13.1. The number of hydrogen-bond acceptors (Lipinski definition) is 2. The fourth-order valence-corrected chi connectivity index (χ4v) is 3.10. The molecule has 0 amide bonds. The molecule has 0 radical (unpaired) electrons. The third kappa shape index (κ3) is 4.01. The van der Waals surface area contributed by atoms with Gasteiger partial charge in [-0.15, -0.1) is 0 Å². The van der Waals surface area contributed by atoms with E-state index in [-0.39, 0.29) is 5.56 Å². The summed E-state index contributed by atoms with van der Waals surface area (Å²) >= 11 is 0. The van der Waals surface area contributed by atoms with E-state index in [1.54, 1.807) is 0 Å². The molecule has 2 rings (SSSR count). The quantitative estimate of drug-likeness (QED) is 0.918. The largest absolute Gasteiger partial charge is 0.387 e. The molecule has 1 aliphatic heterocycles. The monoisotopic (exact) mass is 297 g/mol. The summed E-state index contributed by atoms with van der Waals surface area (Å²) in [5, 5.41) is 10.2. The van der Waals surface area contributed by atoms with Crippen molar-refractivity contribution in [2.75, 3.05) is 19.6 Å². The van der Waals surface area contributed by atoms with Crippen LogP contribution < -0.4 is 0 Å². The number of hydrogen-bond donors (Lipinski definition) is 1. The zero-order chi connectivity index (χ0) is 15.6. The second-order valence-corrected chi connectivity index (χ2v) is 7.10. The summed E-state index contributed by atoms with van der Waals surface area (Å²) < 4.78 is 26.9. The molecule has 0 saturated carbocycles. The van der Waals surface area contributed by atoms with Gasteiger partial charge >= 0.3 is 0 Å². The number of nitrogens with zero attached hydrogens (tertiary/aromatic N) is 1. The molecule has 1 aromatic rings. The third-order valence-corrected chi connectivity index (χ3v) is 4.58. The molecule has 1 unspecified atom stereocenters. The first kappa shape index (κ1) is 16.4. The van der Waals surface area contributed by atoms with Crippen LogP contribution in [0.5, 0.6) is 0 Å². The van der Waals surface area contributed by atoms with Gasteiger partial charge in [-0.2, -0.15) is 0 Å². The van der Waals surface area contributed by atoms with E-state index in [4.69, 9.17) is 0 Å². The minimum atomic E-state index is -0.980. The Hall–Kier alpha value is -1.00. The minimum absolute atomic E-state index is 0.0490. The summed E-state index contributed by atoms with van der Waals surface area (Å²) in [7, 11) is 0. The number of halogens is 2. The second-order valence-electron chi connectivity index (χ2n) is 7.10. The van der Waals surface area contributed by atoms with Crippen LogP contribution in [0.3, 0.4) is 0 Å². The van der Waals surface area contributed by atoms with Crippen LogP contribution in [0.4, 0.5) is 8.78 Å². The summed E-state index contributed by atoms with van der Waals surface area (Å²) in [5.74, 6) is -1.16. The number of benzene rings is 1. The van der Waals surface area contributed by atoms with Gasteiger partial charge in [0, 0.05) is 12.1 Å². The number of likely N-dealkylation sites (tertiary alicyclic amines) is 1. The first-order valence-corrected chi connectivity index (χ1v) is 7.63. The van der Waals surface area contributed by atoms with Crippen LogP contribution in [0.15, 0.2) is 18.2 Å². The lowest BCUT2D eigenvalue weighted by atomic mass is 9.75. The van der Waals surface area contributed by atoms with Gasteiger partial charge in [-0.05, 0) is 43.3 Å². The molecule has 1 heterocycles. The van der Waals surface area contributed by atoms with Crippen molar-refractivity contribution in [2.45, 2.75) is 39.7 Å². The summed E-state index contributed by atoms with van der Waals surface area (Å²) in [6.45, 7) is 8.92. The molecule has 1 saturated heterocycles. The molecule has 1 aromatic carbocycles. The lowest BCUT2D eigenvalue weighted by Gasteiger charge is -2.39. The van der Waals surface area contributed by atoms with Crippen molar-refractivity contribution in [3.8, 4) is 0 Å². The van der Waals surface area contributed by atoms with E-state index in [0.29, 0.717) is 17.9 Å². The van der Waals surface area contributed by atoms with Gasteiger partial charge in [-0.3, -0.25) is 0 Å². The highest BCUT2D eigenvalue weighted by Crippen LogP contribution is 2.34. The molecule has 2 nitrogen and oxygen atoms in total. The van der Waals surface area contributed by atoms with E-state index >= 15 is 0 Å². The normalized spacial score (nSPS) is 19.7. The van der Waals surface area contributed by atoms with Crippen LogP contribution in [0, 0.1) is 23.0 Å². The van der Waals surface area contributed by atoms with Gasteiger partial charge in [0.2, 0.25) is 0 Å². The Kier molecular flexibility index (Phi) is 4.99. The Balaban J connectivity index is 1.93. The maximum Gasteiger partial charge on any atom is 0.164 e. The zero-order valence-corrected chi connectivity index (χ0v) is 13.1. The molecular formula is C17H25F2NO. The van der Waals surface area contributed by atoms with Crippen LogP contribution in [0.25, 0.3) is 0 Å². The topological polar surface area (TPSA) is 23.5 Å². The van der Waals surface area contributed by atoms with Gasteiger partial charge in [0.1, 0.15) is 0 Å². The Labute approximate surface area is 125 Å². The fourth-order valence-electron chi connectivity index (χ4n) is 3.10. The van der Waals surface area contributed by atoms with E-state index in [2.05, 4.69) is 25.7 Å². The van der Waals surface area contributed by atoms with Crippen molar-refractivity contribution in [3.63, 3.8) is 0 Å². The molecule has 1 atom stereocenters. The SMILES string of the molecule is CC(C)(C)C1CCN(CC(O)c2cccc(F)c2F)CC1. The first-order chi connectivity index (χ1) is 9.79. The Bertz CT molecular complexity index is 476. The van der Waals surface area contributed by atoms with Gasteiger partial charge in [0.15, 0.2) is 11.6 Å². The van der Waals surface area contributed by atoms with Gasteiger partial charge in [0.05, 0.1) is 6.10 Å². The summed E-state index contributed by atoms with van der Waals surface area (Å²) in [6, 6.07) is 3.95. The highest BCUT2D eigenvalue weighted by molar-refractivity contribution is 5.21. The van der Waals surface area contributed by atoms with Crippen molar-refractivity contribution < 1.29 is 13.9 Å². The number of aliphatic hydroxyl groups is 1. The molecule has 0 spiro atoms. The third-order valence-electron chi connectivity index (χ3n) is 4.58. The highest BCUT2D eigenvalue weighted by Gasteiger charge is 2.29. The van der Waals surface area contributed by atoms with Crippen molar-refractivity contribution >= 4 is 0 Å². The average molecular weight is 297 g/mol. The van der Waals surface area contributed by atoms with Gasteiger partial charge in [-0.1, -0.05) is 32.9 Å². The smallest absolute Gasteiger partial charge is 0.164 e. The summed E-state index contributed by atoms with van der Waals surface area (Å²) in [4.78, 5) is 2.14. The molecule has 1 N–H and O–H groups in total. The first-order valence-electron chi connectivity index (χ1n) is 7.63. The highest BCUT2D eigenvalue weighted by atomic mass is 19.2. The van der Waals surface area contributed by atoms with E-state index < -0.39 is 17.7 Å². The van der Waals surface area contributed by atoms with Crippen LogP contribution >= 0.6 is 0 Å². The molecule has 1 aliphatic rings. The molecular weight excluding hydrogens is 272 g/mol. The van der Waals surface area contributed by atoms with E-state index in [9.17, 15) is 13.9 Å². The maximum absolute atomic E-state index is 13.7. The Morgan fingerprint density at radius 1 is 1.24 bits per heavy atom. The molecule has 118 valence electrons. The Morgan fingerprint density at radius 2 is 1.86 bits per heavy atom. The standard InChI is InChI=1S/C17H25F2NO/c1-17(2,3)12-7-9-20(10-8-12)11-15(21)13-5-4-6-14(18)16(13)19/h4-6,12,15,21H,7-11H2,1-3H3. The lowest BCUT2D eigenvalue weighted by Crippen LogP contribution is -2.40. The van der Waals surface area contributed by atoms with E-state index in [0.717, 1.165) is 32.0 Å². The second kappa shape index (κ2) is 6.41. The average Bonchev–Trinajstić information content (AvgIpc) is 2.41. The number of aliphatic hydroxyl groups excluding tert-OH is 1. The van der Waals surface area contributed by atoms with Crippen LogP contribution in [-0.2, 0) is 0 Å². The summed E-state index contributed by atoms with van der Waals surface area (Å²) in [6.07, 6.45) is 1.19. The predicted molar refractivity (Wildman–Crippen MR) is 79.9 cm³/mol. The molecule has 4 heteroatoms. The van der Waals surface area contributed by atoms with Crippen molar-refractivity contribution in [2.24, 2.45) is 11.3 Å².